The zero-order valence-electron chi connectivity index (χ0n) is 19.2. The third kappa shape index (κ3) is 3.75. The summed E-state index contributed by atoms with van der Waals surface area (Å²) in [4.78, 5) is 15.4. The number of carbonyl (C=O) groups excluding carboxylic acids is 1. The summed E-state index contributed by atoms with van der Waals surface area (Å²) >= 11 is 6.13. The highest BCUT2D eigenvalue weighted by Gasteiger charge is 2.43. The van der Waals surface area contributed by atoms with E-state index in [9.17, 15) is 4.79 Å². The molecule has 1 N–H and O–H groups in total. The van der Waals surface area contributed by atoms with E-state index < -0.39 is 0 Å². The molecule has 1 unspecified atom stereocenters. The number of rotatable bonds is 3. The molecule has 33 heavy (non-hydrogen) atoms. The number of aromatic amines is 1. The van der Waals surface area contributed by atoms with Crippen molar-refractivity contribution < 1.29 is 4.79 Å². The molecule has 1 aliphatic heterocycles. The molecule has 1 atom stereocenters. The highest BCUT2D eigenvalue weighted by atomic mass is 35.5. The van der Waals surface area contributed by atoms with Gasteiger partial charge in [0, 0.05) is 21.8 Å². The van der Waals surface area contributed by atoms with Crippen LogP contribution in [0.4, 0.5) is 5.69 Å². The topological polar surface area (TPSA) is 49.0 Å². The van der Waals surface area contributed by atoms with Gasteiger partial charge in [0.1, 0.15) is 5.69 Å². The molecule has 0 radical (unpaired) electrons. The van der Waals surface area contributed by atoms with Crippen LogP contribution in [0.15, 0.2) is 72.8 Å². The molecule has 1 aromatic heterocycles. The Morgan fingerprint density at radius 3 is 2.15 bits per heavy atom. The van der Waals surface area contributed by atoms with E-state index in [4.69, 9.17) is 11.6 Å². The van der Waals surface area contributed by atoms with E-state index in [0.717, 1.165) is 28.1 Å². The molecular formula is C28H26ClN3O. The first-order chi connectivity index (χ1) is 15.7. The minimum Gasteiger partial charge on any atom is -0.295 e. The van der Waals surface area contributed by atoms with Crippen LogP contribution in [0, 0.1) is 6.92 Å². The smallest absolute Gasteiger partial charge is 0.277 e. The molecule has 0 fully saturated rings. The minimum atomic E-state index is -0.294. The van der Waals surface area contributed by atoms with Crippen molar-refractivity contribution in [1.82, 2.24) is 10.2 Å². The minimum absolute atomic E-state index is 0.0494. The van der Waals surface area contributed by atoms with E-state index in [2.05, 4.69) is 86.4 Å². The molecule has 1 amide bonds. The van der Waals surface area contributed by atoms with Crippen molar-refractivity contribution >= 4 is 23.2 Å². The predicted octanol–water partition coefficient (Wildman–Crippen LogP) is 7.09. The molecule has 4 aromatic rings. The van der Waals surface area contributed by atoms with Crippen molar-refractivity contribution in [2.45, 2.75) is 39.2 Å². The van der Waals surface area contributed by atoms with Gasteiger partial charge in [0.05, 0.1) is 11.7 Å². The number of hydrogen-bond acceptors (Lipinski definition) is 2. The van der Waals surface area contributed by atoms with Crippen LogP contribution in [0.2, 0.25) is 5.02 Å². The van der Waals surface area contributed by atoms with Crippen LogP contribution in [-0.4, -0.2) is 16.1 Å². The number of carbonyl (C=O) groups is 1. The Morgan fingerprint density at radius 1 is 0.909 bits per heavy atom. The van der Waals surface area contributed by atoms with Gasteiger partial charge in [-0.15, -0.1) is 0 Å². The van der Waals surface area contributed by atoms with Crippen LogP contribution in [-0.2, 0) is 5.41 Å². The quantitative estimate of drug-likeness (QED) is 0.358. The Morgan fingerprint density at radius 2 is 1.55 bits per heavy atom. The van der Waals surface area contributed by atoms with Crippen molar-refractivity contribution in [3.8, 4) is 11.3 Å². The number of aromatic nitrogens is 2. The Hall–Kier alpha value is -3.37. The molecule has 0 bridgehead atoms. The lowest BCUT2D eigenvalue weighted by Crippen LogP contribution is -2.29. The third-order valence-electron chi connectivity index (χ3n) is 6.29. The van der Waals surface area contributed by atoms with Crippen molar-refractivity contribution in [1.29, 1.82) is 0 Å². The van der Waals surface area contributed by atoms with E-state index in [0.29, 0.717) is 10.7 Å². The lowest BCUT2D eigenvalue weighted by Gasteiger charge is -2.27. The molecule has 0 saturated carbocycles. The van der Waals surface area contributed by atoms with Crippen LogP contribution < -0.4 is 4.90 Å². The van der Waals surface area contributed by atoms with Gasteiger partial charge in [-0.25, -0.2) is 0 Å². The van der Waals surface area contributed by atoms with Crippen LogP contribution in [0.1, 0.15) is 59.6 Å². The third-order valence-corrected chi connectivity index (χ3v) is 6.54. The highest BCUT2D eigenvalue weighted by molar-refractivity contribution is 6.30. The Balaban J connectivity index is 1.69. The summed E-state index contributed by atoms with van der Waals surface area (Å²) in [6, 6.07) is 23.9. The Kier molecular flexibility index (Phi) is 5.13. The highest BCUT2D eigenvalue weighted by Crippen LogP contribution is 2.45. The summed E-state index contributed by atoms with van der Waals surface area (Å²) in [5.74, 6) is -0.0944. The van der Waals surface area contributed by atoms with Crippen molar-refractivity contribution in [3.63, 3.8) is 0 Å². The first-order valence-electron chi connectivity index (χ1n) is 11.1. The molecule has 5 heteroatoms. The first-order valence-corrected chi connectivity index (χ1v) is 11.5. The predicted molar refractivity (Wildman–Crippen MR) is 134 cm³/mol. The van der Waals surface area contributed by atoms with E-state index >= 15 is 0 Å². The second-order valence-corrected chi connectivity index (χ2v) is 10.1. The lowest BCUT2D eigenvalue weighted by molar-refractivity contribution is 0.0989. The fourth-order valence-electron chi connectivity index (χ4n) is 4.43. The number of fused-ring (bicyclic) bond motifs is 1. The number of amides is 1. The van der Waals surface area contributed by atoms with Gasteiger partial charge in [-0.2, -0.15) is 5.10 Å². The van der Waals surface area contributed by atoms with Gasteiger partial charge >= 0.3 is 0 Å². The van der Waals surface area contributed by atoms with Gasteiger partial charge in [-0.3, -0.25) is 14.8 Å². The Bertz CT molecular complexity index is 1310. The van der Waals surface area contributed by atoms with E-state index in [1.165, 1.54) is 11.1 Å². The zero-order valence-corrected chi connectivity index (χ0v) is 19.9. The van der Waals surface area contributed by atoms with Gasteiger partial charge in [0.15, 0.2) is 0 Å². The standard InChI is InChI=1S/C28H26ClN3O/c1-17-5-7-18(8-6-17)24-23-25(31-30-24)27(33)32(22-15-13-21(29)14-16-22)26(23)19-9-11-20(12-10-19)28(2,3)4/h5-16,26H,1-4H3,(H,30,31). The van der Waals surface area contributed by atoms with Gasteiger partial charge < -0.3 is 0 Å². The number of benzene rings is 3. The molecule has 0 aliphatic carbocycles. The zero-order chi connectivity index (χ0) is 23.3. The number of nitrogens with zero attached hydrogens (tertiary/aromatic N) is 2. The fraction of sp³-hybridized carbons (Fsp3) is 0.214. The number of anilines is 1. The van der Waals surface area contributed by atoms with Crippen molar-refractivity contribution in [3.05, 3.63) is 106 Å². The SMILES string of the molecule is Cc1ccc(-c2n[nH]c3c2C(c2ccc(C(C)(C)C)cc2)N(c2ccc(Cl)cc2)C3=O)cc1. The Labute approximate surface area is 199 Å². The number of halogens is 1. The van der Waals surface area contributed by atoms with E-state index in [1.807, 2.05) is 29.2 Å². The van der Waals surface area contributed by atoms with Gasteiger partial charge in [0.25, 0.3) is 5.91 Å². The van der Waals surface area contributed by atoms with Crippen molar-refractivity contribution in [2.24, 2.45) is 0 Å². The first kappa shape index (κ1) is 21.5. The molecule has 166 valence electrons. The number of nitrogens with one attached hydrogen (secondary N) is 1. The summed E-state index contributed by atoms with van der Waals surface area (Å²) in [5, 5.41) is 8.23. The second kappa shape index (κ2) is 7.89. The van der Waals surface area contributed by atoms with Gasteiger partial charge in [0.2, 0.25) is 0 Å². The van der Waals surface area contributed by atoms with Gasteiger partial charge in [-0.05, 0) is 47.7 Å². The maximum Gasteiger partial charge on any atom is 0.277 e. The molecule has 2 heterocycles. The summed E-state index contributed by atoms with van der Waals surface area (Å²) in [5.41, 5.74) is 7.55. The maximum absolute atomic E-state index is 13.6. The average molecular weight is 456 g/mol. The normalized spacial score (nSPS) is 15.7. The molecule has 0 saturated heterocycles. The van der Waals surface area contributed by atoms with E-state index in [1.54, 1.807) is 0 Å². The number of hydrogen-bond donors (Lipinski definition) is 1. The van der Waals surface area contributed by atoms with Gasteiger partial charge in [-0.1, -0.05) is 86.5 Å². The summed E-state index contributed by atoms with van der Waals surface area (Å²) in [7, 11) is 0. The summed E-state index contributed by atoms with van der Waals surface area (Å²) in [6.45, 7) is 8.66. The number of aryl methyl sites for hydroxylation is 1. The monoisotopic (exact) mass is 455 g/mol. The fourth-order valence-corrected chi connectivity index (χ4v) is 4.55. The molecule has 3 aromatic carbocycles. The average Bonchev–Trinajstić information content (AvgIpc) is 3.34. The molecule has 1 aliphatic rings. The summed E-state index contributed by atoms with van der Waals surface area (Å²) < 4.78 is 0. The molecular weight excluding hydrogens is 430 g/mol. The second-order valence-electron chi connectivity index (χ2n) is 9.65. The lowest BCUT2D eigenvalue weighted by atomic mass is 9.85. The van der Waals surface area contributed by atoms with Crippen LogP contribution in [0.25, 0.3) is 11.3 Å². The van der Waals surface area contributed by atoms with Crippen LogP contribution in [0.5, 0.6) is 0 Å². The maximum atomic E-state index is 13.6. The van der Waals surface area contributed by atoms with Crippen LogP contribution in [0.3, 0.4) is 0 Å². The largest absolute Gasteiger partial charge is 0.295 e. The van der Waals surface area contributed by atoms with Crippen LogP contribution >= 0.6 is 11.6 Å². The van der Waals surface area contributed by atoms with E-state index in [-0.39, 0.29) is 17.4 Å². The molecule has 0 spiro atoms. The molecule has 4 nitrogen and oxygen atoms in total. The summed E-state index contributed by atoms with van der Waals surface area (Å²) in [6.07, 6.45) is 0. The van der Waals surface area contributed by atoms with Crippen molar-refractivity contribution in [2.75, 3.05) is 4.90 Å². The number of H-pyrrole nitrogens is 1. The molecule has 5 rings (SSSR count).